The van der Waals surface area contributed by atoms with Gasteiger partial charge in [-0.25, -0.2) is 4.39 Å². The van der Waals surface area contributed by atoms with E-state index in [1.807, 2.05) is 19.1 Å². The highest BCUT2D eigenvalue weighted by Crippen LogP contribution is 2.13. The highest BCUT2D eigenvalue weighted by molar-refractivity contribution is 7.80. The summed E-state index contributed by atoms with van der Waals surface area (Å²) in [5, 5.41) is 7.93. The Morgan fingerprint density at radius 2 is 1.86 bits per heavy atom. The number of benzene rings is 2. The van der Waals surface area contributed by atoms with Crippen LogP contribution < -0.4 is 10.7 Å². The van der Waals surface area contributed by atoms with Gasteiger partial charge in [0.1, 0.15) is 5.82 Å². The predicted molar refractivity (Wildman–Crippen MR) is 94.0 cm³/mol. The van der Waals surface area contributed by atoms with E-state index in [-0.39, 0.29) is 10.9 Å². The summed E-state index contributed by atoms with van der Waals surface area (Å²) in [6, 6.07) is 13.7. The molecule has 0 heterocycles. The molecule has 2 rings (SSSR count). The number of rotatable bonds is 4. The quantitative estimate of drug-likeness (QED) is 0.488. The summed E-state index contributed by atoms with van der Waals surface area (Å²) >= 11 is 11.0. The number of nitrogens with one attached hydrogen (secondary N) is 2. The lowest BCUT2D eigenvalue weighted by molar-refractivity contribution is 0.632. The summed E-state index contributed by atoms with van der Waals surface area (Å²) in [4.78, 5) is 0. The third kappa shape index (κ3) is 4.51. The van der Waals surface area contributed by atoms with E-state index in [1.165, 1.54) is 6.07 Å². The number of hydrogen-bond acceptors (Lipinski definition) is 2. The van der Waals surface area contributed by atoms with Crippen LogP contribution in [0.4, 0.5) is 10.1 Å². The molecule has 0 fully saturated rings. The minimum Gasteiger partial charge on any atom is -0.329 e. The molecular formula is C16H15ClFN3S. The molecule has 0 radical (unpaired) electrons. The van der Waals surface area contributed by atoms with E-state index >= 15 is 0 Å². The van der Waals surface area contributed by atoms with Crippen LogP contribution in [0.15, 0.2) is 53.6 Å². The minimum atomic E-state index is -0.371. The molecule has 22 heavy (non-hydrogen) atoms. The number of hydrogen-bond donors (Lipinski definition) is 2. The fourth-order valence-electron chi connectivity index (χ4n) is 1.82. The number of para-hydroxylation sites is 1. The van der Waals surface area contributed by atoms with Gasteiger partial charge in [-0.2, -0.15) is 5.10 Å². The second kappa shape index (κ2) is 7.87. The highest BCUT2D eigenvalue weighted by Gasteiger charge is 2.04. The summed E-state index contributed by atoms with van der Waals surface area (Å²) in [5.74, 6) is -0.371. The largest absolute Gasteiger partial charge is 0.329 e. The Kier molecular flexibility index (Phi) is 5.86. The van der Waals surface area contributed by atoms with E-state index < -0.39 is 0 Å². The first-order chi connectivity index (χ1) is 10.6. The second-order valence-electron chi connectivity index (χ2n) is 4.46. The highest BCUT2D eigenvalue weighted by atomic mass is 35.5. The van der Waals surface area contributed by atoms with E-state index in [4.69, 9.17) is 23.8 Å². The van der Waals surface area contributed by atoms with E-state index in [9.17, 15) is 4.39 Å². The van der Waals surface area contributed by atoms with Crippen molar-refractivity contribution in [2.75, 3.05) is 5.32 Å². The molecule has 2 N–H and O–H groups in total. The topological polar surface area (TPSA) is 36.4 Å². The first-order valence-corrected chi connectivity index (χ1v) is 7.52. The zero-order chi connectivity index (χ0) is 15.9. The van der Waals surface area contributed by atoms with Crippen molar-refractivity contribution in [1.29, 1.82) is 0 Å². The van der Waals surface area contributed by atoms with Gasteiger partial charge in [0, 0.05) is 5.02 Å². The number of hydrazone groups is 1. The fourth-order valence-corrected chi connectivity index (χ4v) is 2.10. The zero-order valence-corrected chi connectivity index (χ0v) is 13.5. The standard InChI is InChI=1S/C16H15ClFN3S/c1-2-14(11-7-9-12(17)10-8-11)20-21-16(22)19-15-6-4-3-5-13(15)18/h3-10H,2H2,1H3,(H2,19,21,22)/b20-14-. The summed E-state index contributed by atoms with van der Waals surface area (Å²) in [5.41, 5.74) is 4.82. The van der Waals surface area contributed by atoms with Crippen LogP contribution in [0, 0.1) is 5.82 Å². The summed E-state index contributed by atoms with van der Waals surface area (Å²) in [6.07, 6.45) is 0.719. The molecule has 0 atom stereocenters. The predicted octanol–water partition coefficient (Wildman–Crippen LogP) is 4.58. The van der Waals surface area contributed by atoms with E-state index in [0.29, 0.717) is 10.7 Å². The average molecular weight is 336 g/mol. The van der Waals surface area contributed by atoms with Gasteiger partial charge < -0.3 is 5.32 Å². The van der Waals surface area contributed by atoms with Crippen LogP contribution in [0.1, 0.15) is 18.9 Å². The van der Waals surface area contributed by atoms with Gasteiger partial charge in [0.25, 0.3) is 0 Å². The number of thiocarbonyl (C=S) groups is 1. The molecule has 0 aliphatic heterocycles. The van der Waals surface area contributed by atoms with Gasteiger partial charge in [-0.05, 0) is 48.5 Å². The first-order valence-electron chi connectivity index (χ1n) is 6.74. The van der Waals surface area contributed by atoms with E-state index in [0.717, 1.165) is 17.7 Å². The Morgan fingerprint density at radius 1 is 1.18 bits per heavy atom. The maximum atomic E-state index is 13.5. The number of halogens is 2. The molecule has 0 spiro atoms. The van der Waals surface area contributed by atoms with Crippen molar-refractivity contribution in [2.45, 2.75) is 13.3 Å². The van der Waals surface area contributed by atoms with Crippen LogP contribution >= 0.6 is 23.8 Å². The molecule has 0 unspecified atom stereocenters. The van der Waals surface area contributed by atoms with Crippen LogP contribution in [-0.2, 0) is 0 Å². The molecule has 0 aromatic heterocycles. The maximum absolute atomic E-state index is 13.5. The Labute approximate surface area is 139 Å². The third-order valence-corrected chi connectivity index (χ3v) is 3.37. The SMILES string of the molecule is CC/C(=N/NC(=S)Nc1ccccc1F)c1ccc(Cl)cc1. The zero-order valence-electron chi connectivity index (χ0n) is 11.9. The molecule has 3 nitrogen and oxygen atoms in total. The fraction of sp³-hybridized carbons (Fsp3) is 0.125. The molecule has 0 saturated heterocycles. The van der Waals surface area contributed by atoms with Gasteiger partial charge >= 0.3 is 0 Å². The van der Waals surface area contributed by atoms with Crippen molar-refractivity contribution in [1.82, 2.24) is 5.43 Å². The third-order valence-electron chi connectivity index (χ3n) is 2.93. The lowest BCUT2D eigenvalue weighted by Gasteiger charge is -2.09. The van der Waals surface area contributed by atoms with E-state index in [2.05, 4.69) is 15.8 Å². The Balaban J connectivity index is 2.04. The molecule has 6 heteroatoms. The van der Waals surface area contributed by atoms with E-state index in [1.54, 1.807) is 30.3 Å². The molecule has 0 amide bonds. The number of nitrogens with zero attached hydrogens (tertiary/aromatic N) is 1. The monoisotopic (exact) mass is 335 g/mol. The van der Waals surface area contributed by atoms with Crippen LogP contribution in [0.3, 0.4) is 0 Å². The molecule has 0 aliphatic carbocycles. The van der Waals surface area contributed by atoms with Crippen LogP contribution in [-0.4, -0.2) is 10.8 Å². The minimum absolute atomic E-state index is 0.227. The number of anilines is 1. The maximum Gasteiger partial charge on any atom is 0.191 e. The molecule has 0 saturated carbocycles. The van der Waals surface area contributed by atoms with Crippen molar-refractivity contribution >= 4 is 40.3 Å². The van der Waals surface area contributed by atoms with Crippen molar-refractivity contribution < 1.29 is 4.39 Å². The van der Waals surface area contributed by atoms with Crippen molar-refractivity contribution in [2.24, 2.45) is 5.10 Å². The van der Waals surface area contributed by atoms with Crippen LogP contribution in [0.25, 0.3) is 0 Å². The Morgan fingerprint density at radius 3 is 2.50 bits per heavy atom. The molecule has 0 aliphatic rings. The van der Waals surface area contributed by atoms with Crippen molar-refractivity contribution in [3.05, 3.63) is 64.9 Å². The van der Waals surface area contributed by atoms with Gasteiger partial charge in [-0.15, -0.1) is 0 Å². The molecule has 2 aromatic carbocycles. The van der Waals surface area contributed by atoms with Gasteiger partial charge in [0.15, 0.2) is 5.11 Å². The second-order valence-corrected chi connectivity index (χ2v) is 5.31. The molecule has 2 aromatic rings. The summed E-state index contributed by atoms with van der Waals surface area (Å²) < 4.78 is 13.5. The van der Waals surface area contributed by atoms with Crippen molar-refractivity contribution in [3.63, 3.8) is 0 Å². The molecule has 0 bridgehead atoms. The van der Waals surface area contributed by atoms with Gasteiger partial charge in [-0.3, -0.25) is 5.43 Å². The van der Waals surface area contributed by atoms with Gasteiger partial charge in [0.2, 0.25) is 0 Å². The average Bonchev–Trinajstić information content (AvgIpc) is 2.52. The smallest absolute Gasteiger partial charge is 0.191 e. The lowest BCUT2D eigenvalue weighted by atomic mass is 10.1. The van der Waals surface area contributed by atoms with Gasteiger partial charge in [-0.1, -0.05) is 42.8 Å². The Hall–Kier alpha value is -1.98. The summed E-state index contributed by atoms with van der Waals surface area (Å²) in [6.45, 7) is 1.99. The first kappa shape index (κ1) is 16.4. The summed E-state index contributed by atoms with van der Waals surface area (Å²) in [7, 11) is 0. The van der Waals surface area contributed by atoms with Gasteiger partial charge in [0.05, 0.1) is 11.4 Å². The molecular weight excluding hydrogens is 321 g/mol. The normalized spacial score (nSPS) is 11.1. The van der Waals surface area contributed by atoms with Crippen molar-refractivity contribution in [3.8, 4) is 0 Å². The Bertz CT molecular complexity index is 686. The molecule has 114 valence electrons. The van der Waals surface area contributed by atoms with Crippen LogP contribution in [0.2, 0.25) is 5.02 Å². The van der Waals surface area contributed by atoms with Crippen LogP contribution in [0.5, 0.6) is 0 Å². The lowest BCUT2D eigenvalue weighted by Crippen LogP contribution is -2.25.